The van der Waals surface area contributed by atoms with Crippen molar-refractivity contribution in [1.29, 1.82) is 5.26 Å². The van der Waals surface area contributed by atoms with Crippen LogP contribution in [0, 0.1) is 11.3 Å². The van der Waals surface area contributed by atoms with Gasteiger partial charge in [0, 0.05) is 30.1 Å². The Bertz CT molecular complexity index is 862. The van der Waals surface area contributed by atoms with Crippen LogP contribution in [0.1, 0.15) is 47.8 Å². The van der Waals surface area contributed by atoms with Crippen molar-refractivity contribution in [3.63, 3.8) is 0 Å². The van der Waals surface area contributed by atoms with E-state index in [0.29, 0.717) is 23.3 Å². The van der Waals surface area contributed by atoms with Crippen LogP contribution in [0.3, 0.4) is 0 Å². The van der Waals surface area contributed by atoms with Crippen molar-refractivity contribution in [3.8, 4) is 6.07 Å². The number of piperidine rings is 1. The van der Waals surface area contributed by atoms with Crippen molar-refractivity contribution < 1.29 is 4.79 Å². The second-order valence-corrected chi connectivity index (χ2v) is 8.18. The number of anilines is 2. The molecule has 8 heteroatoms. The van der Waals surface area contributed by atoms with E-state index in [4.69, 9.17) is 10.2 Å². The first-order valence-corrected chi connectivity index (χ1v) is 10.7. The minimum atomic E-state index is 0.0210. The zero-order valence-corrected chi connectivity index (χ0v) is 16.6. The molecule has 0 spiro atoms. The minimum absolute atomic E-state index is 0.0210. The summed E-state index contributed by atoms with van der Waals surface area (Å²) < 4.78 is 0. The molecule has 2 aromatic heterocycles. The van der Waals surface area contributed by atoms with Crippen LogP contribution in [0.5, 0.6) is 0 Å². The fraction of sp³-hybridized carbons (Fsp3) is 0.500. The normalized spacial score (nSPS) is 18.2. The van der Waals surface area contributed by atoms with Crippen molar-refractivity contribution >= 4 is 28.2 Å². The average Bonchev–Trinajstić information content (AvgIpc) is 3.41. The molecule has 146 valence electrons. The van der Waals surface area contributed by atoms with Crippen molar-refractivity contribution in [2.75, 3.05) is 38.0 Å². The summed E-state index contributed by atoms with van der Waals surface area (Å²) in [6.45, 7) is 4.04. The third kappa shape index (κ3) is 4.32. The molecule has 0 saturated carbocycles. The molecule has 0 aromatic carbocycles. The van der Waals surface area contributed by atoms with Gasteiger partial charge in [-0.1, -0.05) is 6.07 Å². The van der Waals surface area contributed by atoms with E-state index in [1.807, 2.05) is 22.4 Å². The predicted octanol–water partition coefficient (Wildman–Crippen LogP) is 3.22. The molecule has 2 aromatic rings. The number of pyridine rings is 1. The van der Waals surface area contributed by atoms with Gasteiger partial charge in [0.2, 0.25) is 0 Å². The number of nitrogens with zero attached hydrogens (tertiary/aromatic N) is 5. The van der Waals surface area contributed by atoms with E-state index in [9.17, 15) is 4.79 Å². The first-order chi connectivity index (χ1) is 13.7. The molecule has 2 aliphatic rings. The summed E-state index contributed by atoms with van der Waals surface area (Å²) in [5, 5.41) is 14.6. The minimum Gasteiger partial charge on any atom is -0.337 e. The number of amides is 1. The van der Waals surface area contributed by atoms with E-state index >= 15 is 0 Å². The highest BCUT2D eigenvalue weighted by molar-refractivity contribution is 7.14. The molecule has 1 N–H and O–H groups in total. The van der Waals surface area contributed by atoms with Gasteiger partial charge in [-0.15, -0.1) is 11.3 Å². The quantitative estimate of drug-likeness (QED) is 0.781. The number of likely N-dealkylation sites (tertiary alicyclic amines) is 2. The van der Waals surface area contributed by atoms with Crippen LogP contribution >= 0.6 is 11.3 Å². The van der Waals surface area contributed by atoms with Gasteiger partial charge in [-0.2, -0.15) is 5.26 Å². The van der Waals surface area contributed by atoms with Crippen molar-refractivity contribution in [1.82, 2.24) is 19.8 Å². The number of aromatic nitrogens is 2. The van der Waals surface area contributed by atoms with E-state index in [1.165, 1.54) is 11.3 Å². The number of thiazole rings is 1. The van der Waals surface area contributed by atoms with E-state index in [1.54, 1.807) is 0 Å². The molecule has 0 bridgehead atoms. The summed E-state index contributed by atoms with van der Waals surface area (Å²) in [5.74, 6) is 1.19. The van der Waals surface area contributed by atoms with Gasteiger partial charge >= 0.3 is 0 Å². The fourth-order valence-corrected chi connectivity index (χ4v) is 4.55. The van der Waals surface area contributed by atoms with Gasteiger partial charge in [-0.25, -0.2) is 9.97 Å². The van der Waals surface area contributed by atoms with E-state index in [2.05, 4.69) is 27.3 Å². The monoisotopic (exact) mass is 396 g/mol. The third-order valence-electron chi connectivity index (χ3n) is 5.42. The van der Waals surface area contributed by atoms with Crippen LogP contribution in [0.4, 0.5) is 10.9 Å². The van der Waals surface area contributed by atoms with Crippen molar-refractivity contribution in [2.45, 2.75) is 31.6 Å². The summed E-state index contributed by atoms with van der Waals surface area (Å²) in [4.78, 5) is 25.7. The smallest absolute Gasteiger partial charge is 0.273 e. The number of rotatable bonds is 5. The largest absolute Gasteiger partial charge is 0.337 e. The van der Waals surface area contributed by atoms with Crippen molar-refractivity contribution in [2.24, 2.45) is 0 Å². The number of carbonyl (C=O) groups excluding carboxylic acids is 1. The molecule has 2 fully saturated rings. The Kier molecular flexibility index (Phi) is 5.84. The molecule has 0 unspecified atom stereocenters. The fourth-order valence-electron chi connectivity index (χ4n) is 3.86. The highest BCUT2D eigenvalue weighted by Gasteiger charge is 2.23. The van der Waals surface area contributed by atoms with Gasteiger partial charge in [-0.05, 0) is 50.9 Å². The molecule has 7 nitrogen and oxygen atoms in total. The number of carbonyl (C=O) groups is 1. The summed E-state index contributed by atoms with van der Waals surface area (Å²) in [6.07, 6.45) is 4.19. The number of hydrogen-bond donors (Lipinski definition) is 1. The van der Waals surface area contributed by atoms with Crippen LogP contribution in [0.25, 0.3) is 0 Å². The molecule has 4 heterocycles. The highest BCUT2D eigenvalue weighted by Crippen LogP contribution is 2.28. The Morgan fingerprint density at radius 3 is 2.75 bits per heavy atom. The molecule has 2 aliphatic heterocycles. The van der Waals surface area contributed by atoms with Gasteiger partial charge in [-0.3, -0.25) is 9.69 Å². The van der Waals surface area contributed by atoms with Crippen LogP contribution < -0.4 is 5.32 Å². The number of nitrogens with one attached hydrogen (secondary N) is 1. The van der Waals surface area contributed by atoms with Gasteiger partial charge in [0.1, 0.15) is 11.5 Å². The van der Waals surface area contributed by atoms with Crippen molar-refractivity contribution in [3.05, 3.63) is 35.0 Å². The molecular formula is C20H24N6OS. The second-order valence-electron chi connectivity index (χ2n) is 7.32. The summed E-state index contributed by atoms with van der Waals surface area (Å²) in [5.41, 5.74) is 1.59. The van der Waals surface area contributed by atoms with Gasteiger partial charge in [0.25, 0.3) is 5.91 Å². The molecule has 0 atom stereocenters. The lowest BCUT2D eigenvalue weighted by Crippen LogP contribution is -2.33. The Morgan fingerprint density at radius 2 is 2.00 bits per heavy atom. The van der Waals surface area contributed by atoms with Crippen LogP contribution in [-0.2, 0) is 0 Å². The van der Waals surface area contributed by atoms with E-state index in [0.717, 1.165) is 63.4 Å². The van der Waals surface area contributed by atoms with Gasteiger partial charge < -0.3 is 10.2 Å². The predicted molar refractivity (Wildman–Crippen MR) is 109 cm³/mol. The zero-order chi connectivity index (χ0) is 19.3. The van der Waals surface area contributed by atoms with Gasteiger partial charge in [0.05, 0.1) is 12.6 Å². The molecule has 28 heavy (non-hydrogen) atoms. The SMILES string of the molecule is N#CCN1CCC(c2cccc(Nc3nc(C(=O)N4CCCC4)cs3)n2)CC1. The van der Waals surface area contributed by atoms with E-state index in [-0.39, 0.29) is 5.91 Å². The molecule has 4 rings (SSSR count). The van der Waals surface area contributed by atoms with Crippen LogP contribution in [-0.4, -0.2) is 58.4 Å². The summed E-state index contributed by atoms with van der Waals surface area (Å²) in [6, 6.07) is 8.23. The molecule has 2 saturated heterocycles. The molecule has 0 aliphatic carbocycles. The van der Waals surface area contributed by atoms with Crippen LogP contribution in [0.15, 0.2) is 23.6 Å². The Balaban J connectivity index is 1.39. The second kappa shape index (κ2) is 8.67. The lowest BCUT2D eigenvalue weighted by Gasteiger charge is -2.29. The zero-order valence-electron chi connectivity index (χ0n) is 15.8. The maximum atomic E-state index is 12.4. The maximum Gasteiger partial charge on any atom is 0.273 e. The topological polar surface area (TPSA) is 85.2 Å². The molecule has 0 radical (unpaired) electrons. The highest BCUT2D eigenvalue weighted by atomic mass is 32.1. The molecule has 1 amide bonds. The van der Waals surface area contributed by atoms with Crippen LogP contribution in [0.2, 0.25) is 0 Å². The first-order valence-electron chi connectivity index (χ1n) is 9.81. The summed E-state index contributed by atoms with van der Waals surface area (Å²) in [7, 11) is 0. The lowest BCUT2D eigenvalue weighted by molar-refractivity contribution is 0.0788. The Hall–Kier alpha value is -2.50. The standard InChI is InChI=1S/C20H24N6OS/c21-8-13-25-11-6-15(7-12-25)16-4-3-5-18(22-16)24-20-23-17(14-28-20)19(27)26-9-1-2-10-26/h3-5,14-15H,1-2,6-7,9-13H2,(H,22,23,24). The molecular weight excluding hydrogens is 372 g/mol. The first kappa shape index (κ1) is 18.8. The number of nitriles is 1. The Labute approximate surface area is 169 Å². The van der Waals surface area contributed by atoms with Gasteiger partial charge in [0.15, 0.2) is 5.13 Å². The maximum absolute atomic E-state index is 12.4. The Morgan fingerprint density at radius 1 is 1.21 bits per heavy atom. The summed E-state index contributed by atoms with van der Waals surface area (Å²) >= 11 is 1.43. The van der Waals surface area contributed by atoms with E-state index < -0.39 is 0 Å². The number of hydrogen-bond acceptors (Lipinski definition) is 7. The average molecular weight is 397 g/mol. The lowest BCUT2D eigenvalue weighted by atomic mass is 9.93. The third-order valence-corrected chi connectivity index (χ3v) is 6.18.